The first-order valence-electron chi connectivity index (χ1n) is 5.45. The standard InChI is InChI=1S/C14H14FNS/c15-13-8-12(9-16)6-7-14(13)17-10-11-4-2-1-3-5-11/h1-8H,9-10,16H2. The van der Waals surface area contributed by atoms with Crippen molar-refractivity contribution in [3.05, 3.63) is 65.5 Å². The maximum absolute atomic E-state index is 13.7. The van der Waals surface area contributed by atoms with Crippen LogP contribution in [0.15, 0.2) is 53.4 Å². The minimum Gasteiger partial charge on any atom is -0.326 e. The molecule has 2 aromatic carbocycles. The maximum Gasteiger partial charge on any atom is 0.137 e. The van der Waals surface area contributed by atoms with Gasteiger partial charge in [-0.1, -0.05) is 36.4 Å². The molecule has 1 nitrogen and oxygen atoms in total. The first kappa shape index (κ1) is 12.1. The van der Waals surface area contributed by atoms with Gasteiger partial charge in [0.15, 0.2) is 0 Å². The Hall–Kier alpha value is -1.32. The SMILES string of the molecule is NCc1ccc(SCc2ccccc2)c(F)c1. The topological polar surface area (TPSA) is 26.0 Å². The fourth-order valence-corrected chi connectivity index (χ4v) is 2.40. The Morgan fingerprint density at radius 1 is 1.00 bits per heavy atom. The molecule has 0 atom stereocenters. The second-order valence-electron chi connectivity index (χ2n) is 3.74. The van der Waals surface area contributed by atoms with Crippen molar-refractivity contribution in [3.8, 4) is 0 Å². The molecule has 0 bridgehead atoms. The third kappa shape index (κ3) is 3.32. The van der Waals surface area contributed by atoms with Gasteiger partial charge in [0.25, 0.3) is 0 Å². The highest BCUT2D eigenvalue weighted by molar-refractivity contribution is 7.98. The molecule has 2 N–H and O–H groups in total. The number of rotatable bonds is 4. The van der Waals surface area contributed by atoms with Gasteiger partial charge in [0.05, 0.1) is 0 Å². The van der Waals surface area contributed by atoms with E-state index in [1.54, 1.807) is 6.07 Å². The van der Waals surface area contributed by atoms with Crippen LogP contribution in [-0.4, -0.2) is 0 Å². The van der Waals surface area contributed by atoms with Crippen LogP contribution in [0.1, 0.15) is 11.1 Å². The first-order chi connectivity index (χ1) is 8.29. The Morgan fingerprint density at radius 3 is 2.41 bits per heavy atom. The van der Waals surface area contributed by atoms with Crippen LogP contribution in [0.5, 0.6) is 0 Å². The van der Waals surface area contributed by atoms with Crippen LogP contribution in [-0.2, 0) is 12.3 Å². The number of halogens is 1. The number of hydrogen-bond acceptors (Lipinski definition) is 2. The van der Waals surface area contributed by atoms with Gasteiger partial charge in [-0.15, -0.1) is 11.8 Å². The Morgan fingerprint density at radius 2 is 1.76 bits per heavy atom. The summed E-state index contributed by atoms with van der Waals surface area (Å²) in [5, 5.41) is 0. The lowest BCUT2D eigenvalue weighted by atomic mass is 10.2. The molecule has 0 heterocycles. The molecular weight excluding hydrogens is 233 g/mol. The van der Waals surface area contributed by atoms with Gasteiger partial charge < -0.3 is 5.73 Å². The largest absolute Gasteiger partial charge is 0.326 e. The lowest BCUT2D eigenvalue weighted by molar-refractivity contribution is 0.599. The predicted molar refractivity (Wildman–Crippen MR) is 70.3 cm³/mol. The van der Waals surface area contributed by atoms with E-state index in [1.807, 2.05) is 36.4 Å². The molecule has 0 radical (unpaired) electrons. The van der Waals surface area contributed by atoms with Crippen LogP contribution < -0.4 is 5.73 Å². The van der Waals surface area contributed by atoms with Gasteiger partial charge in [0.1, 0.15) is 5.82 Å². The van der Waals surface area contributed by atoms with Gasteiger partial charge >= 0.3 is 0 Å². The molecular formula is C14H14FNS. The molecule has 17 heavy (non-hydrogen) atoms. The van der Waals surface area contributed by atoms with E-state index in [1.165, 1.54) is 23.4 Å². The molecule has 0 aliphatic heterocycles. The smallest absolute Gasteiger partial charge is 0.137 e. The molecule has 2 rings (SSSR count). The number of thioether (sulfide) groups is 1. The van der Waals surface area contributed by atoms with E-state index >= 15 is 0 Å². The third-order valence-electron chi connectivity index (χ3n) is 2.47. The Labute approximate surface area is 105 Å². The Balaban J connectivity index is 2.04. The van der Waals surface area contributed by atoms with Gasteiger partial charge in [-0.05, 0) is 23.3 Å². The summed E-state index contributed by atoms with van der Waals surface area (Å²) in [6.07, 6.45) is 0. The predicted octanol–water partition coefficient (Wildman–Crippen LogP) is 3.58. The van der Waals surface area contributed by atoms with E-state index in [2.05, 4.69) is 0 Å². The highest BCUT2D eigenvalue weighted by atomic mass is 32.2. The molecule has 0 saturated carbocycles. The van der Waals surface area contributed by atoms with Crippen molar-refractivity contribution in [1.82, 2.24) is 0 Å². The Bertz CT molecular complexity index is 485. The summed E-state index contributed by atoms with van der Waals surface area (Å²) in [6.45, 7) is 0.376. The van der Waals surface area contributed by atoms with Crippen molar-refractivity contribution < 1.29 is 4.39 Å². The lowest BCUT2D eigenvalue weighted by Crippen LogP contribution is -1.97. The van der Waals surface area contributed by atoms with Crippen LogP contribution >= 0.6 is 11.8 Å². The van der Waals surface area contributed by atoms with E-state index in [0.29, 0.717) is 11.4 Å². The van der Waals surface area contributed by atoms with E-state index in [-0.39, 0.29) is 5.82 Å². The summed E-state index contributed by atoms with van der Waals surface area (Å²) in [4.78, 5) is 0.672. The van der Waals surface area contributed by atoms with Crippen molar-refractivity contribution in [3.63, 3.8) is 0 Å². The minimum absolute atomic E-state index is 0.186. The molecule has 0 amide bonds. The van der Waals surface area contributed by atoms with Crippen LogP contribution in [0, 0.1) is 5.82 Å². The van der Waals surface area contributed by atoms with E-state index in [0.717, 1.165) is 11.3 Å². The van der Waals surface area contributed by atoms with Gasteiger partial charge in [0.2, 0.25) is 0 Å². The molecule has 0 unspecified atom stereocenters. The molecule has 0 aliphatic rings. The van der Waals surface area contributed by atoms with Crippen molar-refractivity contribution in [2.45, 2.75) is 17.2 Å². The summed E-state index contributed by atoms with van der Waals surface area (Å²) in [6, 6.07) is 15.2. The lowest BCUT2D eigenvalue weighted by Gasteiger charge is -2.05. The average molecular weight is 247 g/mol. The van der Waals surface area contributed by atoms with Gasteiger partial charge in [-0.2, -0.15) is 0 Å². The molecule has 0 spiro atoms. The molecule has 88 valence electrons. The fourth-order valence-electron chi connectivity index (χ4n) is 1.52. The maximum atomic E-state index is 13.7. The summed E-state index contributed by atoms with van der Waals surface area (Å²) in [5.74, 6) is 0.591. The van der Waals surface area contributed by atoms with E-state index in [9.17, 15) is 4.39 Å². The van der Waals surface area contributed by atoms with Gasteiger partial charge in [-0.25, -0.2) is 4.39 Å². The highest BCUT2D eigenvalue weighted by Crippen LogP contribution is 2.26. The van der Waals surface area contributed by atoms with E-state index < -0.39 is 0 Å². The number of nitrogens with two attached hydrogens (primary N) is 1. The van der Waals surface area contributed by atoms with Gasteiger partial charge in [-0.3, -0.25) is 0 Å². The summed E-state index contributed by atoms with van der Waals surface area (Å²) in [5.41, 5.74) is 7.48. The van der Waals surface area contributed by atoms with Crippen LogP contribution in [0.2, 0.25) is 0 Å². The molecule has 0 aromatic heterocycles. The van der Waals surface area contributed by atoms with Crippen molar-refractivity contribution >= 4 is 11.8 Å². The number of benzene rings is 2. The zero-order chi connectivity index (χ0) is 12.1. The quantitative estimate of drug-likeness (QED) is 0.836. The van der Waals surface area contributed by atoms with Crippen LogP contribution in [0.3, 0.4) is 0 Å². The van der Waals surface area contributed by atoms with Gasteiger partial charge in [0, 0.05) is 17.2 Å². The molecule has 0 aliphatic carbocycles. The second-order valence-corrected chi connectivity index (χ2v) is 4.76. The van der Waals surface area contributed by atoms with Crippen molar-refractivity contribution in [2.75, 3.05) is 0 Å². The molecule has 0 fully saturated rings. The monoisotopic (exact) mass is 247 g/mol. The Kier molecular flexibility index (Phi) is 4.18. The summed E-state index contributed by atoms with van der Waals surface area (Å²) in [7, 11) is 0. The first-order valence-corrected chi connectivity index (χ1v) is 6.43. The van der Waals surface area contributed by atoms with Crippen molar-refractivity contribution in [1.29, 1.82) is 0 Å². The van der Waals surface area contributed by atoms with Crippen LogP contribution in [0.25, 0.3) is 0 Å². The highest BCUT2D eigenvalue weighted by Gasteiger charge is 2.04. The van der Waals surface area contributed by atoms with E-state index in [4.69, 9.17) is 5.73 Å². The minimum atomic E-state index is -0.186. The summed E-state index contributed by atoms with van der Waals surface area (Å²) < 4.78 is 13.7. The number of hydrogen-bond donors (Lipinski definition) is 1. The zero-order valence-corrected chi connectivity index (χ0v) is 10.2. The molecule has 2 aromatic rings. The third-order valence-corrected chi connectivity index (χ3v) is 3.59. The second kappa shape index (κ2) is 5.84. The zero-order valence-electron chi connectivity index (χ0n) is 9.40. The normalized spacial score (nSPS) is 10.5. The van der Waals surface area contributed by atoms with Crippen LogP contribution in [0.4, 0.5) is 4.39 Å². The molecule has 0 saturated heterocycles. The van der Waals surface area contributed by atoms with Crippen molar-refractivity contribution in [2.24, 2.45) is 5.73 Å². The summed E-state index contributed by atoms with van der Waals surface area (Å²) >= 11 is 1.50. The fraction of sp³-hybridized carbons (Fsp3) is 0.143. The average Bonchev–Trinajstić information content (AvgIpc) is 2.38. The molecule has 3 heteroatoms.